The molecule has 3 heterocycles. The number of carbonyl (C=O) groups excluding carboxylic acids is 2. The Hall–Kier alpha value is -2.93. The molecule has 1 aromatic heterocycles. The van der Waals surface area contributed by atoms with Crippen LogP contribution in [0.2, 0.25) is 0 Å². The maximum atomic E-state index is 11.5. The van der Waals surface area contributed by atoms with Gasteiger partial charge in [-0.25, -0.2) is 14.5 Å². The summed E-state index contributed by atoms with van der Waals surface area (Å²) in [5, 5.41) is 0. The van der Waals surface area contributed by atoms with E-state index in [9.17, 15) is 9.59 Å². The van der Waals surface area contributed by atoms with E-state index in [0.29, 0.717) is 19.6 Å². The van der Waals surface area contributed by atoms with Gasteiger partial charge in [0.25, 0.3) is 0 Å². The summed E-state index contributed by atoms with van der Waals surface area (Å²) in [6.45, 7) is 1.86. The van der Waals surface area contributed by atoms with Crippen molar-refractivity contribution in [3.8, 4) is 16.9 Å². The molecule has 0 amide bonds. The van der Waals surface area contributed by atoms with Crippen LogP contribution in [-0.4, -0.2) is 47.4 Å². The molecule has 0 N–H and O–H groups in total. The number of likely N-dealkylation sites (tertiary alicyclic amines) is 1. The van der Waals surface area contributed by atoms with Crippen LogP contribution in [-0.2, 0) is 19.1 Å². The standard InChI is InChI=1S/C21H22N2O5/c24-19-20(25)28-21(27-19)10-1-2-13-23(21)14-3-15-26-18-6-4-16(5-7-18)17-8-11-22-12-9-17/h4-9,11-12H,1-3,10,13-15H2. The van der Waals surface area contributed by atoms with Crippen LogP contribution in [0.4, 0.5) is 0 Å². The number of benzene rings is 1. The van der Waals surface area contributed by atoms with Gasteiger partial charge in [-0.15, -0.1) is 0 Å². The second-order valence-electron chi connectivity index (χ2n) is 6.90. The molecule has 1 spiro atoms. The molecule has 4 rings (SSSR count). The summed E-state index contributed by atoms with van der Waals surface area (Å²) in [6, 6.07) is 11.8. The summed E-state index contributed by atoms with van der Waals surface area (Å²) in [7, 11) is 0. The van der Waals surface area contributed by atoms with Crippen LogP contribution in [0.15, 0.2) is 48.8 Å². The first-order chi connectivity index (χ1) is 13.7. The van der Waals surface area contributed by atoms with Gasteiger partial charge in [-0.05, 0) is 54.7 Å². The zero-order valence-electron chi connectivity index (χ0n) is 15.5. The Morgan fingerprint density at radius 3 is 2.36 bits per heavy atom. The van der Waals surface area contributed by atoms with E-state index in [1.165, 1.54) is 0 Å². The molecule has 146 valence electrons. The van der Waals surface area contributed by atoms with Crippen molar-refractivity contribution in [3.05, 3.63) is 48.8 Å². The molecule has 28 heavy (non-hydrogen) atoms. The highest BCUT2D eigenvalue weighted by Gasteiger charge is 2.53. The van der Waals surface area contributed by atoms with Crippen LogP contribution in [0.3, 0.4) is 0 Å². The first kappa shape index (κ1) is 18.4. The van der Waals surface area contributed by atoms with Gasteiger partial charge >= 0.3 is 17.8 Å². The predicted molar refractivity (Wildman–Crippen MR) is 100 cm³/mol. The molecule has 1 aromatic carbocycles. The van der Waals surface area contributed by atoms with E-state index in [1.54, 1.807) is 12.4 Å². The van der Waals surface area contributed by atoms with Crippen LogP contribution in [0.5, 0.6) is 5.75 Å². The van der Waals surface area contributed by atoms with Gasteiger partial charge in [-0.1, -0.05) is 12.1 Å². The van der Waals surface area contributed by atoms with E-state index in [1.807, 2.05) is 41.3 Å². The molecule has 2 aromatic rings. The zero-order chi connectivity index (χ0) is 19.4. The molecule has 0 aliphatic carbocycles. The number of rotatable bonds is 6. The average Bonchev–Trinajstić information content (AvgIpc) is 3.01. The van der Waals surface area contributed by atoms with Gasteiger partial charge in [0.05, 0.1) is 6.61 Å². The lowest BCUT2D eigenvalue weighted by Gasteiger charge is -2.40. The number of ether oxygens (including phenoxy) is 3. The number of hydrogen-bond acceptors (Lipinski definition) is 7. The van der Waals surface area contributed by atoms with Crippen molar-refractivity contribution in [1.29, 1.82) is 0 Å². The van der Waals surface area contributed by atoms with Crippen molar-refractivity contribution in [2.24, 2.45) is 0 Å². The topological polar surface area (TPSA) is 78.0 Å². The second kappa shape index (κ2) is 7.98. The van der Waals surface area contributed by atoms with Crippen molar-refractivity contribution in [3.63, 3.8) is 0 Å². The SMILES string of the molecule is O=C1OC2(CCCCN2CCCOc2ccc(-c3ccncc3)cc2)OC1=O. The van der Waals surface area contributed by atoms with Gasteiger partial charge in [0.2, 0.25) is 0 Å². The molecule has 2 fully saturated rings. The molecule has 2 saturated heterocycles. The number of carbonyl (C=O) groups is 2. The number of esters is 2. The Balaban J connectivity index is 1.28. The van der Waals surface area contributed by atoms with Crippen molar-refractivity contribution in [1.82, 2.24) is 9.88 Å². The van der Waals surface area contributed by atoms with Crippen LogP contribution >= 0.6 is 0 Å². The van der Waals surface area contributed by atoms with Crippen LogP contribution in [0.25, 0.3) is 11.1 Å². The molecular weight excluding hydrogens is 360 g/mol. The molecular formula is C21H22N2O5. The number of piperidine rings is 1. The summed E-state index contributed by atoms with van der Waals surface area (Å²) in [4.78, 5) is 28.9. The molecule has 7 heteroatoms. The molecule has 0 saturated carbocycles. The Kier molecular flexibility index (Phi) is 5.25. The van der Waals surface area contributed by atoms with Gasteiger partial charge < -0.3 is 14.2 Å². The smallest absolute Gasteiger partial charge is 0.421 e. The first-order valence-electron chi connectivity index (χ1n) is 9.51. The van der Waals surface area contributed by atoms with Crippen LogP contribution < -0.4 is 4.74 Å². The molecule has 2 aliphatic rings. The van der Waals surface area contributed by atoms with Crippen molar-refractivity contribution >= 4 is 11.9 Å². The Morgan fingerprint density at radius 1 is 0.964 bits per heavy atom. The van der Waals surface area contributed by atoms with Crippen molar-refractivity contribution in [2.45, 2.75) is 31.6 Å². The van der Waals surface area contributed by atoms with E-state index >= 15 is 0 Å². The normalized spacial score (nSPS) is 18.7. The van der Waals surface area contributed by atoms with Gasteiger partial charge in [-0.2, -0.15) is 0 Å². The van der Waals surface area contributed by atoms with Gasteiger partial charge in [0, 0.05) is 31.9 Å². The predicted octanol–water partition coefficient (Wildman–Crippen LogP) is 2.76. The van der Waals surface area contributed by atoms with E-state index < -0.39 is 17.8 Å². The zero-order valence-corrected chi connectivity index (χ0v) is 15.5. The summed E-state index contributed by atoms with van der Waals surface area (Å²) >= 11 is 0. The van der Waals surface area contributed by atoms with Crippen molar-refractivity contribution < 1.29 is 23.8 Å². The molecule has 0 atom stereocenters. The fourth-order valence-electron chi connectivity index (χ4n) is 3.62. The van der Waals surface area contributed by atoms with Gasteiger partial charge in [0.1, 0.15) is 5.75 Å². The third-order valence-corrected chi connectivity index (χ3v) is 5.03. The number of hydrogen-bond donors (Lipinski definition) is 0. The summed E-state index contributed by atoms with van der Waals surface area (Å²) in [5.74, 6) is -2.22. The first-order valence-corrected chi connectivity index (χ1v) is 9.51. The Labute approximate surface area is 163 Å². The Bertz CT molecular complexity index is 822. The highest BCUT2D eigenvalue weighted by Crippen LogP contribution is 2.35. The summed E-state index contributed by atoms with van der Waals surface area (Å²) in [6.07, 6.45) is 6.62. The molecule has 7 nitrogen and oxygen atoms in total. The lowest BCUT2D eigenvalue weighted by molar-refractivity contribution is -0.263. The molecule has 0 unspecified atom stereocenters. The van der Waals surface area contributed by atoms with E-state index in [2.05, 4.69) is 4.98 Å². The third-order valence-electron chi connectivity index (χ3n) is 5.03. The Morgan fingerprint density at radius 2 is 1.64 bits per heavy atom. The van der Waals surface area contributed by atoms with E-state index in [0.717, 1.165) is 42.7 Å². The lowest BCUT2D eigenvalue weighted by atomic mass is 10.1. The highest BCUT2D eigenvalue weighted by molar-refractivity contribution is 6.31. The fourth-order valence-corrected chi connectivity index (χ4v) is 3.62. The van der Waals surface area contributed by atoms with Crippen LogP contribution in [0.1, 0.15) is 25.7 Å². The monoisotopic (exact) mass is 382 g/mol. The van der Waals surface area contributed by atoms with E-state index in [-0.39, 0.29) is 0 Å². The van der Waals surface area contributed by atoms with Crippen LogP contribution in [0, 0.1) is 0 Å². The lowest BCUT2D eigenvalue weighted by Crippen LogP contribution is -2.53. The average molecular weight is 382 g/mol. The second-order valence-corrected chi connectivity index (χ2v) is 6.90. The molecule has 0 radical (unpaired) electrons. The molecule has 0 bridgehead atoms. The van der Waals surface area contributed by atoms with E-state index in [4.69, 9.17) is 14.2 Å². The minimum absolute atomic E-state index is 0.516. The fraction of sp³-hybridized carbons (Fsp3) is 0.381. The minimum Gasteiger partial charge on any atom is -0.494 e. The quantitative estimate of drug-likeness (QED) is 0.432. The number of pyridine rings is 1. The largest absolute Gasteiger partial charge is 0.494 e. The maximum absolute atomic E-state index is 11.5. The maximum Gasteiger partial charge on any atom is 0.421 e. The number of aromatic nitrogens is 1. The summed E-state index contributed by atoms with van der Waals surface area (Å²) < 4.78 is 16.3. The van der Waals surface area contributed by atoms with Gasteiger partial charge in [0.15, 0.2) is 0 Å². The number of nitrogens with zero attached hydrogens (tertiary/aromatic N) is 2. The van der Waals surface area contributed by atoms with Crippen molar-refractivity contribution in [2.75, 3.05) is 19.7 Å². The van der Waals surface area contributed by atoms with Gasteiger partial charge in [-0.3, -0.25) is 4.98 Å². The summed E-state index contributed by atoms with van der Waals surface area (Å²) in [5.41, 5.74) is 2.22. The minimum atomic E-state index is -1.21. The third kappa shape index (κ3) is 3.84. The highest BCUT2D eigenvalue weighted by atomic mass is 16.8. The molecule has 2 aliphatic heterocycles.